The molecule has 2 saturated heterocycles. The predicted molar refractivity (Wildman–Crippen MR) is 167 cm³/mol. The van der Waals surface area contributed by atoms with Gasteiger partial charge in [0.25, 0.3) is 11.8 Å². The number of benzene rings is 2. The minimum atomic E-state index is -0.260. The molecule has 0 radical (unpaired) electrons. The van der Waals surface area contributed by atoms with Gasteiger partial charge in [0, 0.05) is 39.1 Å². The lowest BCUT2D eigenvalue weighted by Crippen LogP contribution is -2.50. The van der Waals surface area contributed by atoms with E-state index in [0.717, 1.165) is 22.6 Å². The Balaban J connectivity index is 1.10. The van der Waals surface area contributed by atoms with Crippen LogP contribution in [0.3, 0.4) is 0 Å². The highest BCUT2D eigenvalue weighted by Crippen LogP contribution is 2.33. The van der Waals surface area contributed by atoms with Crippen LogP contribution in [0.5, 0.6) is 11.5 Å². The number of carbonyl (C=O) groups is 3. The van der Waals surface area contributed by atoms with Crippen LogP contribution in [-0.2, 0) is 14.4 Å². The highest BCUT2D eigenvalue weighted by Gasteiger charge is 2.33. The number of amides is 3. The Bertz CT molecular complexity index is 1450. The van der Waals surface area contributed by atoms with Crippen molar-refractivity contribution in [1.82, 2.24) is 14.7 Å². The van der Waals surface area contributed by atoms with Gasteiger partial charge in [0.2, 0.25) is 5.91 Å². The smallest absolute Gasteiger partial charge is 0.286 e. The van der Waals surface area contributed by atoms with Crippen molar-refractivity contribution in [1.29, 1.82) is 0 Å². The number of piperazine rings is 1. The van der Waals surface area contributed by atoms with Gasteiger partial charge >= 0.3 is 0 Å². The molecule has 2 aromatic carbocycles. The molecule has 2 aromatic rings. The molecule has 3 heterocycles. The normalized spacial score (nSPS) is 19.4. The van der Waals surface area contributed by atoms with E-state index in [4.69, 9.17) is 21.7 Å². The topological polar surface area (TPSA) is 91.8 Å². The fourth-order valence-electron chi connectivity index (χ4n) is 4.44. The molecule has 0 spiro atoms. The van der Waals surface area contributed by atoms with E-state index in [2.05, 4.69) is 4.99 Å². The van der Waals surface area contributed by atoms with Crippen LogP contribution in [0.2, 0.25) is 0 Å². The Morgan fingerprint density at radius 1 is 0.878 bits per heavy atom. The van der Waals surface area contributed by atoms with Crippen molar-refractivity contribution in [2.45, 2.75) is 6.42 Å². The van der Waals surface area contributed by atoms with Crippen molar-refractivity contribution >= 4 is 75.1 Å². The van der Waals surface area contributed by atoms with Crippen molar-refractivity contribution in [3.8, 4) is 11.5 Å². The summed E-state index contributed by atoms with van der Waals surface area (Å²) in [6, 6.07) is 14.9. The lowest BCUT2D eigenvalue weighted by Gasteiger charge is -2.35. The third kappa shape index (κ3) is 6.83. The molecule has 0 saturated carbocycles. The molecule has 0 atom stereocenters. The largest absolute Gasteiger partial charge is 0.497 e. The number of methoxy groups -OCH3 is 2. The Labute approximate surface area is 252 Å². The standard InChI is InChI=1S/C29H28N4O5S3/c1-37-21-7-3-19(4-8-21)17-23-26(35)30-28(40-23)32-15-13-31(14-16-32)25(34)11-12-33-27(36)24(41-29(33)39)18-20-5-9-22(38-2)10-6-20/h3-10,17-18H,11-16H2,1-2H3. The van der Waals surface area contributed by atoms with Crippen LogP contribution in [0.15, 0.2) is 63.3 Å². The lowest BCUT2D eigenvalue weighted by atomic mass is 10.2. The number of hydrogen-bond acceptors (Lipinski definition) is 9. The summed E-state index contributed by atoms with van der Waals surface area (Å²) >= 11 is 8.02. The number of hydrogen-bond donors (Lipinski definition) is 0. The van der Waals surface area contributed by atoms with Crippen molar-refractivity contribution in [3.05, 3.63) is 69.5 Å². The van der Waals surface area contributed by atoms with E-state index in [1.807, 2.05) is 59.5 Å². The third-order valence-electron chi connectivity index (χ3n) is 6.76. The van der Waals surface area contributed by atoms with Crippen LogP contribution in [0, 0.1) is 0 Å². The van der Waals surface area contributed by atoms with Gasteiger partial charge < -0.3 is 19.3 Å². The van der Waals surface area contributed by atoms with Gasteiger partial charge in [-0.2, -0.15) is 4.99 Å². The molecule has 3 aliphatic rings. The van der Waals surface area contributed by atoms with Gasteiger partial charge in [-0.05, 0) is 59.3 Å². The summed E-state index contributed by atoms with van der Waals surface area (Å²) in [6.45, 7) is 2.42. The Hall–Kier alpha value is -3.61. The van der Waals surface area contributed by atoms with Crippen molar-refractivity contribution < 1.29 is 23.9 Å². The van der Waals surface area contributed by atoms with E-state index in [9.17, 15) is 14.4 Å². The second kappa shape index (κ2) is 12.9. The fourth-order valence-corrected chi connectivity index (χ4v) is 6.72. The van der Waals surface area contributed by atoms with Crippen LogP contribution in [0.25, 0.3) is 12.2 Å². The minimum Gasteiger partial charge on any atom is -0.497 e. The minimum absolute atomic E-state index is 0.0324. The van der Waals surface area contributed by atoms with Gasteiger partial charge in [0.15, 0.2) is 5.17 Å². The average Bonchev–Trinajstić information content (AvgIpc) is 3.49. The van der Waals surface area contributed by atoms with Crippen LogP contribution >= 0.6 is 35.7 Å². The summed E-state index contributed by atoms with van der Waals surface area (Å²) in [6.07, 6.45) is 3.81. The van der Waals surface area contributed by atoms with Crippen molar-refractivity contribution in [3.63, 3.8) is 0 Å². The maximum absolute atomic E-state index is 13.0. The monoisotopic (exact) mass is 608 g/mol. The Morgan fingerprint density at radius 2 is 1.44 bits per heavy atom. The highest BCUT2D eigenvalue weighted by molar-refractivity contribution is 8.26. The number of aliphatic imine (C=N–C) groups is 1. The molecule has 0 bridgehead atoms. The first-order valence-corrected chi connectivity index (χ1v) is 15.0. The summed E-state index contributed by atoms with van der Waals surface area (Å²) in [7, 11) is 3.21. The number of carbonyl (C=O) groups excluding carboxylic acids is 3. The first-order valence-electron chi connectivity index (χ1n) is 12.9. The fraction of sp³-hybridized carbons (Fsp3) is 0.276. The number of nitrogens with zero attached hydrogens (tertiary/aromatic N) is 4. The first kappa shape index (κ1) is 28.9. The van der Waals surface area contributed by atoms with E-state index < -0.39 is 0 Å². The van der Waals surface area contributed by atoms with E-state index in [1.54, 1.807) is 25.2 Å². The number of thioether (sulfide) groups is 2. The third-order valence-corrected chi connectivity index (χ3v) is 9.18. The maximum Gasteiger partial charge on any atom is 0.286 e. The number of ether oxygens (including phenoxy) is 2. The van der Waals surface area contributed by atoms with Crippen molar-refractivity contribution in [2.24, 2.45) is 4.99 Å². The van der Waals surface area contributed by atoms with Gasteiger partial charge in [-0.25, -0.2) is 0 Å². The molecule has 9 nitrogen and oxygen atoms in total. The molecular formula is C29H28N4O5S3. The predicted octanol–water partition coefficient (Wildman–Crippen LogP) is 4.11. The number of rotatable bonds is 7. The molecule has 0 N–H and O–H groups in total. The van der Waals surface area contributed by atoms with Gasteiger partial charge in [-0.15, -0.1) is 0 Å². The summed E-state index contributed by atoms with van der Waals surface area (Å²) in [5.41, 5.74) is 1.77. The molecule has 3 aliphatic heterocycles. The summed E-state index contributed by atoms with van der Waals surface area (Å²) in [4.78, 5) is 49.1. The molecule has 5 rings (SSSR count). The quantitative estimate of drug-likeness (QED) is 0.340. The van der Waals surface area contributed by atoms with E-state index in [-0.39, 0.29) is 30.7 Å². The van der Waals surface area contributed by atoms with Gasteiger partial charge in [0.05, 0.1) is 24.0 Å². The number of thiocarbonyl (C=S) groups is 1. The van der Waals surface area contributed by atoms with Crippen LogP contribution in [-0.4, -0.2) is 88.9 Å². The van der Waals surface area contributed by atoms with Gasteiger partial charge in [0.1, 0.15) is 15.8 Å². The highest BCUT2D eigenvalue weighted by atomic mass is 32.2. The van der Waals surface area contributed by atoms with Gasteiger partial charge in [-0.3, -0.25) is 19.3 Å². The molecule has 3 amide bonds. The molecule has 0 unspecified atom stereocenters. The number of amidine groups is 1. The molecule has 212 valence electrons. The second-order valence-corrected chi connectivity index (χ2v) is 12.0. The zero-order valence-corrected chi connectivity index (χ0v) is 25.0. The van der Waals surface area contributed by atoms with E-state index >= 15 is 0 Å². The molecular weight excluding hydrogens is 581 g/mol. The summed E-state index contributed by atoms with van der Waals surface area (Å²) in [5, 5.41) is 0.656. The Morgan fingerprint density at radius 3 is 2.00 bits per heavy atom. The van der Waals surface area contributed by atoms with Crippen molar-refractivity contribution in [2.75, 3.05) is 46.9 Å². The van der Waals surface area contributed by atoms with Crippen LogP contribution < -0.4 is 9.47 Å². The SMILES string of the molecule is COc1ccc(C=C2SC(N3CCN(C(=O)CCN4C(=O)C(=Cc5ccc(OC)cc5)SC4=S)CC3)=NC2=O)cc1. The average molecular weight is 609 g/mol. The summed E-state index contributed by atoms with van der Waals surface area (Å²) in [5.74, 6) is 1.01. The first-order chi connectivity index (χ1) is 19.8. The van der Waals surface area contributed by atoms with Crippen LogP contribution in [0.4, 0.5) is 0 Å². The second-order valence-electron chi connectivity index (χ2n) is 9.31. The maximum atomic E-state index is 13.0. The zero-order chi connectivity index (χ0) is 28.9. The zero-order valence-electron chi connectivity index (χ0n) is 22.6. The lowest BCUT2D eigenvalue weighted by molar-refractivity contribution is -0.133. The molecule has 41 heavy (non-hydrogen) atoms. The Kier molecular flexibility index (Phi) is 9.11. The molecule has 0 aromatic heterocycles. The van der Waals surface area contributed by atoms with Gasteiger partial charge in [-0.1, -0.05) is 48.2 Å². The summed E-state index contributed by atoms with van der Waals surface area (Å²) < 4.78 is 10.8. The van der Waals surface area contributed by atoms with Crippen LogP contribution in [0.1, 0.15) is 17.5 Å². The molecule has 2 fully saturated rings. The molecule has 12 heteroatoms. The molecule has 0 aliphatic carbocycles. The van der Waals surface area contributed by atoms with E-state index in [1.165, 1.54) is 28.4 Å². The van der Waals surface area contributed by atoms with E-state index in [0.29, 0.717) is 45.5 Å².